The van der Waals surface area contributed by atoms with E-state index in [4.69, 9.17) is 17.3 Å². The predicted octanol–water partition coefficient (Wildman–Crippen LogP) is 3.75. The Kier molecular flexibility index (Phi) is 4.54. The molecule has 0 aromatic carbocycles. The van der Waals surface area contributed by atoms with E-state index < -0.39 is 0 Å². The standard InChI is InChI=1S/C14H11BrClN7/c15-8-3-4-10(19-6-8)23-14-11(17)13(20-7-21-14)22-9-2-1-5-18-12(9)16/h1-7H,17H2,(H2,19,20,21,22,23). The lowest BCUT2D eigenvalue weighted by Gasteiger charge is -2.12. The van der Waals surface area contributed by atoms with Crippen LogP contribution in [0.1, 0.15) is 0 Å². The Bertz CT molecular complexity index is 826. The van der Waals surface area contributed by atoms with Gasteiger partial charge in [-0.1, -0.05) is 11.6 Å². The molecular formula is C14H11BrClN7. The van der Waals surface area contributed by atoms with Crippen LogP contribution in [0.4, 0.5) is 28.8 Å². The molecular weight excluding hydrogens is 382 g/mol. The van der Waals surface area contributed by atoms with Crippen LogP contribution in [-0.2, 0) is 0 Å². The van der Waals surface area contributed by atoms with Crippen LogP contribution in [-0.4, -0.2) is 19.9 Å². The third-order valence-electron chi connectivity index (χ3n) is 2.87. The molecule has 0 fully saturated rings. The predicted molar refractivity (Wildman–Crippen MR) is 94.2 cm³/mol. The third-order valence-corrected chi connectivity index (χ3v) is 3.64. The van der Waals surface area contributed by atoms with Crippen LogP contribution < -0.4 is 16.4 Å². The molecule has 116 valence electrons. The lowest BCUT2D eigenvalue weighted by Crippen LogP contribution is -2.06. The van der Waals surface area contributed by atoms with E-state index >= 15 is 0 Å². The summed E-state index contributed by atoms with van der Waals surface area (Å²) in [7, 11) is 0. The fourth-order valence-electron chi connectivity index (χ4n) is 1.77. The second kappa shape index (κ2) is 6.76. The van der Waals surface area contributed by atoms with Gasteiger partial charge in [-0.3, -0.25) is 0 Å². The Morgan fingerprint density at radius 2 is 1.78 bits per heavy atom. The van der Waals surface area contributed by atoms with Gasteiger partial charge in [-0.25, -0.2) is 19.9 Å². The number of pyridine rings is 2. The van der Waals surface area contributed by atoms with Crippen molar-refractivity contribution in [3.8, 4) is 0 Å². The fourth-order valence-corrected chi connectivity index (χ4v) is 2.17. The molecule has 7 nitrogen and oxygen atoms in total. The molecule has 0 unspecified atom stereocenters. The highest BCUT2D eigenvalue weighted by atomic mass is 79.9. The molecule has 3 aromatic heterocycles. The first kappa shape index (κ1) is 15.4. The smallest absolute Gasteiger partial charge is 0.160 e. The second-order valence-corrected chi connectivity index (χ2v) is 5.71. The summed E-state index contributed by atoms with van der Waals surface area (Å²) in [6.45, 7) is 0. The van der Waals surface area contributed by atoms with Crippen molar-refractivity contribution in [1.82, 2.24) is 19.9 Å². The van der Waals surface area contributed by atoms with Crippen molar-refractivity contribution in [3.05, 3.63) is 52.6 Å². The van der Waals surface area contributed by atoms with E-state index in [-0.39, 0.29) is 0 Å². The molecule has 0 amide bonds. The molecule has 4 N–H and O–H groups in total. The summed E-state index contributed by atoms with van der Waals surface area (Å²) in [4.78, 5) is 16.5. The van der Waals surface area contributed by atoms with Crippen molar-refractivity contribution < 1.29 is 0 Å². The van der Waals surface area contributed by atoms with E-state index in [0.29, 0.717) is 34.0 Å². The summed E-state index contributed by atoms with van der Waals surface area (Å²) < 4.78 is 0.882. The van der Waals surface area contributed by atoms with Gasteiger partial charge in [-0.15, -0.1) is 0 Å². The van der Waals surface area contributed by atoms with Gasteiger partial charge in [0.15, 0.2) is 16.8 Å². The first-order valence-corrected chi connectivity index (χ1v) is 7.67. The minimum Gasteiger partial charge on any atom is -0.393 e. The van der Waals surface area contributed by atoms with Crippen molar-refractivity contribution in [1.29, 1.82) is 0 Å². The average molecular weight is 393 g/mol. The number of nitrogen functional groups attached to an aromatic ring is 1. The van der Waals surface area contributed by atoms with Gasteiger partial charge in [0.25, 0.3) is 0 Å². The van der Waals surface area contributed by atoms with Gasteiger partial charge < -0.3 is 16.4 Å². The molecule has 3 aromatic rings. The molecule has 3 rings (SSSR count). The number of hydrogen-bond donors (Lipinski definition) is 3. The largest absolute Gasteiger partial charge is 0.393 e. The highest BCUT2D eigenvalue weighted by Gasteiger charge is 2.10. The quantitative estimate of drug-likeness (QED) is 0.581. The molecule has 9 heteroatoms. The minimum atomic E-state index is 0.328. The molecule has 0 aliphatic carbocycles. The summed E-state index contributed by atoms with van der Waals surface area (Å²) in [6.07, 6.45) is 4.67. The normalized spacial score (nSPS) is 10.3. The molecule has 0 bridgehead atoms. The number of hydrogen-bond acceptors (Lipinski definition) is 7. The maximum Gasteiger partial charge on any atom is 0.160 e. The Morgan fingerprint density at radius 3 is 2.48 bits per heavy atom. The zero-order valence-corrected chi connectivity index (χ0v) is 14.0. The third kappa shape index (κ3) is 3.66. The van der Waals surface area contributed by atoms with E-state index in [0.717, 1.165) is 4.47 Å². The summed E-state index contributed by atoms with van der Waals surface area (Å²) in [5, 5.41) is 6.41. The number of rotatable bonds is 4. The summed E-state index contributed by atoms with van der Waals surface area (Å²) >= 11 is 9.35. The van der Waals surface area contributed by atoms with Crippen LogP contribution in [0.25, 0.3) is 0 Å². The molecule has 0 saturated heterocycles. The van der Waals surface area contributed by atoms with Crippen molar-refractivity contribution >= 4 is 56.4 Å². The number of aromatic nitrogens is 4. The number of anilines is 5. The highest BCUT2D eigenvalue weighted by Crippen LogP contribution is 2.29. The summed E-state index contributed by atoms with van der Waals surface area (Å²) in [5.41, 5.74) is 7.06. The molecule has 0 saturated carbocycles. The maximum atomic E-state index is 6.11. The van der Waals surface area contributed by atoms with E-state index in [1.54, 1.807) is 30.6 Å². The second-order valence-electron chi connectivity index (χ2n) is 4.44. The van der Waals surface area contributed by atoms with E-state index in [2.05, 4.69) is 46.5 Å². The average Bonchev–Trinajstić information content (AvgIpc) is 2.55. The Balaban J connectivity index is 1.86. The molecule has 23 heavy (non-hydrogen) atoms. The van der Waals surface area contributed by atoms with Gasteiger partial charge in [0, 0.05) is 16.9 Å². The fraction of sp³-hybridized carbons (Fsp3) is 0. The van der Waals surface area contributed by atoms with Crippen LogP contribution in [0.2, 0.25) is 5.15 Å². The molecule has 0 aliphatic heterocycles. The van der Waals surface area contributed by atoms with Gasteiger partial charge >= 0.3 is 0 Å². The number of nitrogens with two attached hydrogens (primary N) is 1. The summed E-state index contributed by atoms with van der Waals surface area (Å²) in [5.74, 6) is 1.48. The topological polar surface area (TPSA) is 102 Å². The highest BCUT2D eigenvalue weighted by molar-refractivity contribution is 9.10. The lowest BCUT2D eigenvalue weighted by atomic mass is 10.3. The molecule has 3 heterocycles. The van der Waals surface area contributed by atoms with E-state index in [9.17, 15) is 0 Å². The lowest BCUT2D eigenvalue weighted by molar-refractivity contribution is 1.16. The van der Waals surface area contributed by atoms with Crippen LogP contribution in [0.3, 0.4) is 0 Å². The molecule has 0 atom stereocenters. The SMILES string of the molecule is Nc1c(Nc2ccc(Br)cn2)ncnc1Nc1cccnc1Cl. The number of nitrogens with one attached hydrogen (secondary N) is 2. The first-order chi connectivity index (χ1) is 11.1. The van der Waals surface area contributed by atoms with Crippen LogP contribution >= 0.6 is 27.5 Å². The van der Waals surface area contributed by atoms with Crippen molar-refractivity contribution in [2.75, 3.05) is 16.4 Å². The van der Waals surface area contributed by atoms with Gasteiger partial charge in [-0.2, -0.15) is 0 Å². The van der Waals surface area contributed by atoms with E-state index in [1.165, 1.54) is 6.33 Å². The van der Waals surface area contributed by atoms with Crippen molar-refractivity contribution in [2.45, 2.75) is 0 Å². The number of halogens is 2. The van der Waals surface area contributed by atoms with Gasteiger partial charge in [0.05, 0.1) is 5.69 Å². The molecule has 0 spiro atoms. The molecule has 0 aliphatic rings. The van der Waals surface area contributed by atoms with E-state index in [1.807, 2.05) is 6.07 Å². The Hall–Kier alpha value is -2.45. The van der Waals surface area contributed by atoms with Gasteiger partial charge in [-0.05, 0) is 40.2 Å². The first-order valence-electron chi connectivity index (χ1n) is 6.50. The molecule has 0 radical (unpaired) electrons. The number of nitrogens with zero attached hydrogens (tertiary/aromatic N) is 4. The van der Waals surface area contributed by atoms with Crippen LogP contribution in [0, 0.1) is 0 Å². The van der Waals surface area contributed by atoms with Crippen LogP contribution in [0.5, 0.6) is 0 Å². The minimum absolute atomic E-state index is 0.328. The Labute approximate surface area is 145 Å². The Morgan fingerprint density at radius 1 is 1.00 bits per heavy atom. The zero-order valence-electron chi connectivity index (χ0n) is 11.7. The van der Waals surface area contributed by atoms with Crippen molar-refractivity contribution in [2.24, 2.45) is 0 Å². The van der Waals surface area contributed by atoms with Gasteiger partial charge in [0.1, 0.15) is 17.8 Å². The van der Waals surface area contributed by atoms with Crippen LogP contribution in [0.15, 0.2) is 47.5 Å². The van der Waals surface area contributed by atoms with Gasteiger partial charge in [0.2, 0.25) is 0 Å². The summed E-state index contributed by atoms with van der Waals surface area (Å²) in [6, 6.07) is 7.20. The zero-order chi connectivity index (χ0) is 16.2. The monoisotopic (exact) mass is 391 g/mol. The van der Waals surface area contributed by atoms with Crippen molar-refractivity contribution in [3.63, 3.8) is 0 Å². The maximum absolute atomic E-state index is 6.11.